The molecule has 5 rings (SSSR count). The number of methoxy groups -OCH3 is 1. The van der Waals surface area contributed by atoms with Crippen LogP contribution in [0.2, 0.25) is 10.0 Å². The van der Waals surface area contributed by atoms with Crippen LogP contribution in [0.1, 0.15) is 62.2 Å². The van der Waals surface area contributed by atoms with E-state index in [1.165, 1.54) is 7.11 Å². The van der Waals surface area contributed by atoms with E-state index < -0.39 is 0 Å². The predicted molar refractivity (Wildman–Crippen MR) is 113 cm³/mol. The SMILES string of the molecule is COC(=O)C12CCC(/C=C/c3c(-c4c(Cl)cccc4Cl)noc3C3CC3)(CC1)C2. The summed E-state index contributed by atoms with van der Waals surface area (Å²) in [5, 5.41) is 5.48. The van der Waals surface area contributed by atoms with Crippen molar-refractivity contribution >= 4 is 35.2 Å². The van der Waals surface area contributed by atoms with Crippen LogP contribution in [0.25, 0.3) is 17.3 Å². The molecule has 2 bridgehead atoms. The quantitative estimate of drug-likeness (QED) is 0.496. The lowest BCUT2D eigenvalue weighted by Crippen LogP contribution is -2.27. The Labute approximate surface area is 180 Å². The molecule has 0 aliphatic heterocycles. The zero-order valence-electron chi connectivity index (χ0n) is 16.3. The first-order valence-corrected chi connectivity index (χ1v) is 10.9. The molecular weight excluding hydrogens is 409 g/mol. The largest absolute Gasteiger partial charge is 0.469 e. The van der Waals surface area contributed by atoms with Gasteiger partial charge in [-0.15, -0.1) is 0 Å². The number of nitrogens with zero attached hydrogens (tertiary/aromatic N) is 1. The van der Waals surface area contributed by atoms with Gasteiger partial charge in [-0.3, -0.25) is 4.79 Å². The van der Waals surface area contributed by atoms with Gasteiger partial charge in [-0.05, 0) is 62.5 Å². The molecular formula is C23H23Cl2NO3. The maximum absolute atomic E-state index is 12.3. The zero-order valence-corrected chi connectivity index (χ0v) is 17.9. The lowest BCUT2D eigenvalue weighted by Gasteiger charge is -2.24. The molecule has 0 spiro atoms. The van der Waals surface area contributed by atoms with Crippen LogP contribution >= 0.6 is 23.2 Å². The van der Waals surface area contributed by atoms with Gasteiger partial charge in [0.2, 0.25) is 0 Å². The van der Waals surface area contributed by atoms with E-state index in [9.17, 15) is 4.79 Å². The Bertz CT molecular complexity index is 977. The lowest BCUT2D eigenvalue weighted by molar-refractivity contribution is -0.152. The number of aromatic nitrogens is 1. The normalized spacial score (nSPS) is 28.4. The second kappa shape index (κ2) is 6.88. The van der Waals surface area contributed by atoms with Crippen molar-refractivity contribution in [1.82, 2.24) is 5.16 Å². The molecule has 6 heteroatoms. The molecule has 0 unspecified atom stereocenters. The second-order valence-corrected chi connectivity index (χ2v) is 9.64. The van der Waals surface area contributed by atoms with Crippen LogP contribution in [0.5, 0.6) is 0 Å². The second-order valence-electron chi connectivity index (χ2n) is 8.82. The molecule has 1 aromatic heterocycles. The number of carbonyl (C=O) groups excluding carboxylic acids is 1. The average Bonchev–Trinajstić information content (AvgIpc) is 3.22. The Kier molecular flexibility index (Phi) is 4.56. The van der Waals surface area contributed by atoms with Gasteiger partial charge in [0.25, 0.3) is 0 Å². The van der Waals surface area contributed by atoms with Crippen molar-refractivity contribution in [3.8, 4) is 11.3 Å². The molecule has 1 aromatic carbocycles. The third kappa shape index (κ3) is 3.12. The Balaban J connectivity index is 1.52. The summed E-state index contributed by atoms with van der Waals surface area (Å²) in [5.74, 6) is 1.27. The number of rotatable bonds is 5. The summed E-state index contributed by atoms with van der Waals surface area (Å²) in [7, 11) is 1.49. The fourth-order valence-electron chi connectivity index (χ4n) is 5.25. The number of hydrogen-bond donors (Lipinski definition) is 0. The van der Waals surface area contributed by atoms with E-state index >= 15 is 0 Å². The number of allylic oxidation sites excluding steroid dienone is 1. The molecule has 3 fully saturated rings. The summed E-state index contributed by atoms with van der Waals surface area (Å²) >= 11 is 12.9. The maximum atomic E-state index is 12.3. The van der Waals surface area contributed by atoms with Gasteiger partial charge in [-0.1, -0.05) is 46.6 Å². The fraction of sp³-hybridized carbons (Fsp3) is 0.478. The average molecular weight is 432 g/mol. The van der Waals surface area contributed by atoms with Crippen molar-refractivity contribution in [3.63, 3.8) is 0 Å². The molecule has 0 radical (unpaired) electrons. The number of carbonyl (C=O) groups is 1. The van der Waals surface area contributed by atoms with Gasteiger partial charge < -0.3 is 9.26 Å². The summed E-state index contributed by atoms with van der Waals surface area (Å²) in [4.78, 5) is 12.3. The van der Waals surface area contributed by atoms with E-state index in [0.717, 1.165) is 56.3 Å². The first-order valence-electron chi connectivity index (χ1n) is 10.2. The molecule has 0 atom stereocenters. The molecule has 3 saturated carbocycles. The molecule has 3 aliphatic rings. The van der Waals surface area contributed by atoms with Crippen molar-refractivity contribution in [2.75, 3.05) is 7.11 Å². The topological polar surface area (TPSA) is 52.3 Å². The Morgan fingerprint density at radius 3 is 2.52 bits per heavy atom. The minimum absolute atomic E-state index is 0.0355. The number of halogens is 2. The van der Waals surface area contributed by atoms with Crippen molar-refractivity contribution in [3.05, 3.63) is 45.6 Å². The molecule has 2 aromatic rings. The van der Waals surface area contributed by atoms with E-state index in [1.807, 2.05) is 18.2 Å². The molecule has 29 heavy (non-hydrogen) atoms. The minimum Gasteiger partial charge on any atom is -0.469 e. The van der Waals surface area contributed by atoms with Crippen LogP contribution in [-0.2, 0) is 9.53 Å². The van der Waals surface area contributed by atoms with Gasteiger partial charge >= 0.3 is 5.97 Å². The number of esters is 1. The highest BCUT2D eigenvalue weighted by molar-refractivity contribution is 6.39. The van der Waals surface area contributed by atoms with Gasteiger partial charge in [0.05, 0.1) is 22.6 Å². The predicted octanol–water partition coefficient (Wildman–Crippen LogP) is 6.66. The summed E-state index contributed by atoms with van der Waals surface area (Å²) < 4.78 is 10.9. The molecule has 0 N–H and O–H groups in total. The number of hydrogen-bond acceptors (Lipinski definition) is 4. The lowest BCUT2D eigenvalue weighted by atomic mass is 9.81. The van der Waals surface area contributed by atoms with Crippen LogP contribution in [-0.4, -0.2) is 18.2 Å². The number of fused-ring (bicyclic) bond motifs is 2. The first-order chi connectivity index (χ1) is 14.0. The minimum atomic E-state index is -0.304. The van der Waals surface area contributed by atoms with Crippen LogP contribution in [0, 0.1) is 10.8 Å². The third-order valence-corrected chi connectivity index (χ3v) is 7.65. The van der Waals surface area contributed by atoms with Crippen LogP contribution in [0.3, 0.4) is 0 Å². The van der Waals surface area contributed by atoms with Crippen molar-refractivity contribution in [2.45, 2.75) is 50.9 Å². The molecule has 152 valence electrons. The van der Waals surface area contributed by atoms with Gasteiger partial charge in [0.15, 0.2) is 0 Å². The summed E-state index contributed by atoms with van der Waals surface area (Å²) in [6.45, 7) is 0. The molecule has 1 heterocycles. The number of ether oxygens (including phenoxy) is 1. The van der Waals surface area contributed by atoms with E-state index in [1.54, 1.807) is 0 Å². The monoisotopic (exact) mass is 431 g/mol. The third-order valence-electron chi connectivity index (χ3n) is 7.02. The summed E-state index contributed by atoms with van der Waals surface area (Å²) in [6.07, 6.45) is 11.3. The summed E-state index contributed by atoms with van der Waals surface area (Å²) in [5.41, 5.74) is 2.12. The summed E-state index contributed by atoms with van der Waals surface area (Å²) in [6, 6.07) is 5.46. The highest BCUT2D eigenvalue weighted by Gasteiger charge is 2.57. The highest BCUT2D eigenvalue weighted by Crippen LogP contribution is 2.63. The maximum Gasteiger partial charge on any atom is 0.311 e. The van der Waals surface area contributed by atoms with E-state index in [-0.39, 0.29) is 16.8 Å². The Morgan fingerprint density at radius 2 is 1.90 bits per heavy atom. The molecule has 0 saturated heterocycles. The van der Waals surface area contributed by atoms with Gasteiger partial charge in [0.1, 0.15) is 11.5 Å². The van der Waals surface area contributed by atoms with Gasteiger partial charge in [0, 0.05) is 17.0 Å². The van der Waals surface area contributed by atoms with E-state index in [4.69, 9.17) is 32.5 Å². The number of benzene rings is 1. The Hall–Kier alpha value is -1.78. The Morgan fingerprint density at radius 1 is 1.21 bits per heavy atom. The molecule has 3 aliphatic carbocycles. The zero-order chi connectivity index (χ0) is 20.2. The molecule has 4 nitrogen and oxygen atoms in total. The van der Waals surface area contributed by atoms with Crippen LogP contribution in [0.15, 0.2) is 28.8 Å². The fourth-order valence-corrected chi connectivity index (χ4v) is 5.82. The van der Waals surface area contributed by atoms with Crippen molar-refractivity contribution in [2.24, 2.45) is 10.8 Å². The smallest absolute Gasteiger partial charge is 0.311 e. The van der Waals surface area contributed by atoms with Gasteiger partial charge in [-0.25, -0.2) is 0 Å². The van der Waals surface area contributed by atoms with Crippen molar-refractivity contribution in [1.29, 1.82) is 0 Å². The van der Waals surface area contributed by atoms with E-state index in [0.29, 0.717) is 27.2 Å². The van der Waals surface area contributed by atoms with Crippen LogP contribution < -0.4 is 0 Å². The standard InChI is InChI=1S/C23H23Cl2NO3/c1-28-21(27)23-11-9-22(13-23,10-12-23)8-7-15-19(26-29-20(15)14-5-6-14)18-16(24)3-2-4-17(18)25/h2-4,7-8,14H,5-6,9-13H2,1H3/b8-7+. The first kappa shape index (κ1) is 19.2. The highest BCUT2D eigenvalue weighted by atomic mass is 35.5. The van der Waals surface area contributed by atoms with Crippen LogP contribution in [0.4, 0.5) is 0 Å². The van der Waals surface area contributed by atoms with Gasteiger partial charge in [-0.2, -0.15) is 0 Å². The molecule has 0 amide bonds. The van der Waals surface area contributed by atoms with E-state index in [2.05, 4.69) is 17.3 Å². The van der Waals surface area contributed by atoms with Crippen molar-refractivity contribution < 1.29 is 14.1 Å².